The Morgan fingerprint density at radius 3 is 3.13 bits per heavy atom. The molecule has 0 aromatic carbocycles. The summed E-state index contributed by atoms with van der Waals surface area (Å²) < 4.78 is 5.34. The second-order valence-electron chi connectivity index (χ2n) is 4.35. The molecule has 1 amide bonds. The van der Waals surface area contributed by atoms with Gasteiger partial charge < -0.3 is 15.8 Å². The highest BCUT2D eigenvalue weighted by atomic mass is 16.5. The molecule has 2 unspecified atom stereocenters. The van der Waals surface area contributed by atoms with Crippen molar-refractivity contribution in [2.24, 2.45) is 11.7 Å². The van der Waals surface area contributed by atoms with E-state index in [0.29, 0.717) is 12.5 Å². The van der Waals surface area contributed by atoms with E-state index in [1.165, 1.54) is 0 Å². The van der Waals surface area contributed by atoms with E-state index in [9.17, 15) is 4.79 Å². The van der Waals surface area contributed by atoms with E-state index in [4.69, 9.17) is 10.5 Å². The summed E-state index contributed by atoms with van der Waals surface area (Å²) in [4.78, 5) is 13.4. The number of hydrogen-bond acceptors (Lipinski definition) is 4. The normalized spacial score (nSPS) is 33.1. The standard InChI is InChI=1S/C10H19N3O2/c11-10(14)9-5-12-2-3-13(9)6-8-1-4-15-7-8/h8-9,12H,1-7H2,(H2,11,14). The summed E-state index contributed by atoms with van der Waals surface area (Å²) in [7, 11) is 0. The number of carbonyl (C=O) groups excluding carboxylic acids is 1. The van der Waals surface area contributed by atoms with Crippen LogP contribution in [0.5, 0.6) is 0 Å². The number of amides is 1. The monoisotopic (exact) mass is 213 g/mol. The molecule has 0 spiro atoms. The summed E-state index contributed by atoms with van der Waals surface area (Å²) in [5.41, 5.74) is 5.38. The fourth-order valence-corrected chi connectivity index (χ4v) is 2.30. The Labute approximate surface area is 89.9 Å². The maximum atomic E-state index is 11.2. The number of nitrogens with zero attached hydrogens (tertiary/aromatic N) is 1. The minimum absolute atomic E-state index is 0.139. The van der Waals surface area contributed by atoms with Crippen LogP contribution in [0, 0.1) is 5.92 Å². The van der Waals surface area contributed by atoms with Crippen LogP contribution >= 0.6 is 0 Å². The zero-order valence-electron chi connectivity index (χ0n) is 8.95. The van der Waals surface area contributed by atoms with Crippen LogP contribution in [0.1, 0.15) is 6.42 Å². The molecule has 2 heterocycles. The second kappa shape index (κ2) is 4.92. The summed E-state index contributed by atoms with van der Waals surface area (Å²) in [5.74, 6) is 0.353. The van der Waals surface area contributed by atoms with Crippen LogP contribution in [0.4, 0.5) is 0 Å². The highest BCUT2D eigenvalue weighted by molar-refractivity contribution is 5.80. The summed E-state index contributed by atoms with van der Waals surface area (Å²) in [6.45, 7) is 5.16. The smallest absolute Gasteiger partial charge is 0.236 e. The van der Waals surface area contributed by atoms with Gasteiger partial charge in [-0.1, -0.05) is 0 Å². The van der Waals surface area contributed by atoms with E-state index < -0.39 is 0 Å². The van der Waals surface area contributed by atoms with Gasteiger partial charge in [-0.25, -0.2) is 0 Å². The Kier molecular flexibility index (Phi) is 3.56. The predicted octanol–water partition coefficient (Wildman–Crippen LogP) is -1.22. The number of hydrogen-bond donors (Lipinski definition) is 2. The van der Waals surface area contributed by atoms with E-state index in [0.717, 1.165) is 39.3 Å². The highest BCUT2D eigenvalue weighted by Crippen LogP contribution is 2.16. The molecule has 0 radical (unpaired) electrons. The molecule has 2 rings (SSSR count). The van der Waals surface area contributed by atoms with Crippen molar-refractivity contribution in [3.05, 3.63) is 0 Å². The summed E-state index contributed by atoms with van der Waals surface area (Å²) in [5, 5.41) is 3.20. The minimum Gasteiger partial charge on any atom is -0.381 e. The van der Waals surface area contributed by atoms with Crippen LogP contribution in [0.3, 0.4) is 0 Å². The Bertz CT molecular complexity index is 229. The van der Waals surface area contributed by atoms with E-state index in [1.54, 1.807) is 0 Å². The maximum Gasteiger partial charge on any atom is 0.236 e. The lowest BCUT2D eigenvalue weighted by molar-refractivity contribution is -0.124. The van der Waals surface area contributed by atoms with E-state index in [-0.39, 0.29) is 11.9 Å². The molecule has 86 valence electrons. The number of piperazine rings is 1. The molecule has 2 fully saturated rings. The van der Waals surface area contributed by atoms with Crippen LogP contribution in [-0.2, 0) is 9.53 Å². The first-order valence-corrected chi connectivity index (χ1v) is 5.59. The fraction of sp³-hybridized carbons (Fsp3) is 0.900. The number of nitrogens with one attached hydrogen (secondary N) is 1. The average Bonchev–Trinajstić information content (AvgIpc) is 2.71. The number of ether oxygens (including phenoxy) is 1. The Morgan fingerprint density at radius 1 is 1.60 bits per heavy atom. The topological polar surface area (TPSA) is 67.6 Å². The largest absolute Gasteiger partial charge is 0.381 e. The van der Waals surface area contributed by atoms with E-state index in [2.05, 4.69) is 10.2 Å². The van der Waals surface area contributed by atoms with Gasteiger partial charge in [0.05, 0.1) is 6.61 Å². The first-order valence-electron chi connectivity index (χ1n) is 5.59. The highest BCUT2D eigenvalue weighted by Gasteiger charge is 2.29. The van der Waals surface area contributed by atoms with Crippen molar-refractivity contribution in [2.75, 3.05) is 39.4 Å². The number of rotatable bonds is 3. The molecule has 2 aliphatic rings. The van der Waals surface area contributed by atoms with Crippen LogP contribution in [-0.4, -0.2) is 56.2 Å². The molecule has 0 bridgehead atoms. The summed E-state index contributed by atoms with van der Waals surface area (Å²) in [6, 6.07) is -0.139. The van der Waals surface area contributed by atoms with E-state index in [1.807, 2.05) is 0 Å². The molecule has 3 N–H and O–H groups in total. The molecule has 0 saturated carbocycles. The lowest BCUT2D eigenvalue weighted by Crippen LogP contribution is -2.57. The first kappa shape index (κ1) is 10.9. The van der Waals surface area contributed by atoms with Crippen LogP contribution < -0.4 is 11.1 Å². The molecule has 2 atom stereocenters. The Balaban J connectivity index is 1.89. The van der Waals surface area contributed by atoms with Crippen molar-refractivity contribution in [1.82, 2.24) is 10.2 Å². The molecule has 2 aliphatic heterocycles. The van der Waals surface area contributed by atoms with Crippen molar-refractivity contribution in [3.8, 4) is 0 Å². The lowest BCUT2D eigenvalue weighted by Gasteiger charge is -2.35. The molecule has 15 heavy (non-hydrogen) atoms. The third-order valence-electron chi connectivity index (χ3n) is 3.20. The van der Waals surface area contributed by atoms with Gasteiger partial charge in [0.15, 0.2) is 0 Å². The van der Waals surface area contributed by atoms with Crippen molar-refractivity contribution in [3.63, 3.8) is 0 Å². The van der Waals surface area contributed by atoms with Gasteiger partial charge in [0.1, 0.15) is 6.04 Å². The van der Waals surface area contributed by atoms with Crippen molar-refractivity contribution < 1.29 is 9.53 Å². The first-order chi connectivity index (χ1) is 7.27. The number of carbonyl (C=O) groups is 1. The molecule has 5 nitrogen and oxygen atoms in total. The van der Waals surface area contributed by atoms with Gasteiger partial charge in [-0.3, -0.25) is 9.69 Å². The molecule has 0 aliphatic carbocycles. The summed E-state index contributed by atoms with van der Waals surface area (Å²) in [6.07, 6.45) is 1.11. The van der Waals surface area contributed by atoms with Gasteiger partial charge in [-0.05, 0) is 12.3 Å². The molecular weight excluding hydrogens is 194 g/mol. The van der Waals surface area contributed by atoms with Crippen LogP contribution in [0.2, 0.25) is 0 Å². The van der Waals surface area contributed by atoms with Crippen molar-refractivity contribution in [2.45, 2.75) is 12.5 Å². The van der Waals surface area contributed by atoms with E-state index >= 15 is 0 Å². The minimum atomic E-state index is -0.221. The zero-order valence-corrected chi connectivity index (χ0v) is 8.95. The summed E-state index contributed by atoms with van der Waals surface area (Å²) >= 11 is 0. The maximum absolute atomic E-state index is 11.2. The average molecular weight is 213 g/mol. The van der Waals surface area contributed by atoms with Gasteiger partial charge >= 0.3 is 0 Å². The molecule has 0 aromatic rings. The Morgan fingerprint density at radius 2 is 2.47 bits per heavy atom. The van der Waals surface area contributed by atoms with Crippen LogP contribution in [0.15, 0.2) is 0 Å². The molecule has 0 aromatic heterocycles. The van der Waals surface area contributed by atoms with Crippen molar-refractivity contribution in [1.29, 1.82) is 0 Å². The lowest BCUT2D eigenvalue weighted by atomic mass is 10.1. The second-order valence-corrected chi connectivity index (χ2v) is 4.35. The Hall–Kier alpha value is -0.650. The molecular formula is C10H19N3O2. The number of nitrogens with two attached hydrogens (primary N) is 1. The quantitative estimate of drug-likeness (QED) is 0.617. The van der Waals surface area contributed by atoms with Gasteiger partial charge in [0, 0.05) is 32.8 Å². The molecule has 5 heteroatoms. The third kappa shape index (κ3) is 2.68. The zero-order chi connectivity index (χ0) is 10.7. The van der Waals surface area contributed by atoms with Gasteiger partial charge in [0.25, 0.3) is 0 Å². The number of primary amides is 1. The van der Waals surface area contributed by atoms with Gasteiger partial charge in [0.2, 0.25) is 5.91 Å². The van der Waals surface area contributed by atoms with Gasteiger partial charge in [-0.15, -0.1) is 0 Å². The SMILES string of the molecule is NC(=O)C1CNCCN1CC1CCOC1. The van der Waals surface area contributed by atoms with Gasteiger partial charge in [-0.2, -0.15) is 0 Å². The van der Waals surface area contributed by atoms with Crippen LogP contribution in [0.25, 0.3) is 0 Å². The van der Waals surface area contributed by atoms with Crippen molar-refractivity contribution >= 4 is 5.91 Å². The predicted molar refractivity (Wildman–Crippen MR) is 56.4 cm³/mol. The fourth-order valence-electron chi connectivity index (χ4n) is 2.30. The third-order valence-corrected chi connectivity index (χ3v) is 3.20. The molecule has 2 saturated heterocycles.